The van der Waals surface area contributed by atoms with Crippen LogP contribution in [0.1, 0.15) is 5.56 Å². The standard InChI is InChI=1S/C11H11NO2S/c1-9-4-2-5-10(8-9)15(13,14)11-6-3-7-12-11/h2-6,8H,7H2,1H3. The summed E-state index contributed by atoms with van der Waals surface area (Å²) in [5.74, 6) is 0. The van der Waals surface area contributed by atoms with Gasteiger partial charge in [0.2, 0.25) is 9.84 Å². The second-order valence-corrected chi connectivity index (χ2v) is 5.30. The van der Waals surface area contributed by atoms with E-state index in [4.69, 9.17) is 0 Å². The molecule has 1 aromatic rings. The van der Waals surface area contributed by atoms with E-state index in [1.165, 1.54) is 0 Å². The van der Waals surface area contributed by atoms with Crippen molar-refractivity contribution in [2.24, 2.45) is 4.99 Å². The predicted molar refractivity (Wildman–Crippen MR) is 59.8 cm³/mol. The Balaban J connectivity index is 2.51. The molecule has 0 aliphatic carbocycles. The van der Waals surface area contributed by atoms with Gasteiger partial charge in [0, 0.05) is 0 Å². The van der Waals surface area contributed by atoms with Crippen LogP contribution in [0.25, 0.3) is 0 Å². The summed E-state index contributed by atoms with van der Waals surface area (Å²) in [6.45, 7) is 2.33. The minimum atomic E-state index is -3.40. The fourth-order valence-electron chi connectivity index (χ4n) is 1.43. The van der Waals surface area contributed by atoms with Gasteiger partial charge in [-0.3, -0.25) is 4.99 Å². The summed E-state index contributed by atoms with van der Waals surface area (Å²) in [6, 6.07) is 6.85. The lowest BCUT2D eigenvalue weighted by Gasteiger charge is -2.03. The summed E-state index contributed by atoms with van der Waals surface area (Å²) < 4.78 is 24.0. The van der Waals surface area contributed by atoms with Crippen molar-refractivity contribution < 1.29 is 8.42 Å². The molecule has 78 valence electrons. The molecule has 0 bridgehead atoms. The van der Waals surface area contributed by atoms with Crippen LogP contribution in [0.2, 0.25) is 0 Å². The molecule has 0 spiro atoms. The van der Waals surface area contributed by atoms with Crippen molar-refractivity contribution in [3.8, 4) is 0 Å². The third-order valence-corrected chi connectivity index (χ3v) is 3.88. The Labute approximate surface area is 89.1 Å². The first-order valence-corrected chi connectivity index (χ1v) is 6.12. The maximum Gasteiger partial charge on any atom is 0.223 e. The van der Waals surface area contributed by atoms with Gasteiger partial charge in [0.1, 0.15) is 0 Å². The first kappa shape index (κ1) is 10.1. The van der Waals surface area contributed by atoms with Gasteiger partial charge in [-0.05, 0) is 30.7 Å². The van der Waals surface area contributed by atoms with E-state index in [1.54, 1.807) is 30.4 Å². The minimum Gasteiger partial charge on any atom is -0.269 e. The number of aryl methyl sites for hydroxylation is 1. The average molecular weight is 221 g/mol. The van der Waals surface area contributed by atoms with Crippen molar-refractivity contribution >= 4 is 14.9 Å². The van der Waals surface area contributed by atoms with Gasteiger partial charge in [-0.15, -0.1) is 0 Å². The number of nitrogens with zero attached hydrogens (tertiary/aromatic N) is 1. The van der Waals surface area contributed by atoms with E-state index in [2.05, 4.69) is 4.99 Å². The predicted octanol–water partition coefficient (Wildman–Crippen LogP) is 1.74. The van der Waals surface area contributed by atoms with Crippen LogP contribution in [-0.4, -0.2) is 20.0 Å². The van der Waals surface area contributed by atoms with Crippen molar-refractivity contribution in [2.75, 3.05) is 6.54 Å². The monoisotopic (exact) mass is 221 g/mol. The summed E-state index contributed by atoms with van der Waals surface area (Å²) >= 11 is 0. The molecule has 0 saturated carbocycles. The van der Waals surface area contributed by atoms with Gasteiger partial charge >= 0.3 is 0 Å². The third kappa shape index (κ3) is 1.85. The molecular formula is C11H11NO2S. The Kier molecular flexibility index (Phi) is 2.44. The molecule has 3 nitrogen and oxygen atoms in total. The third-order valence-electron chi connectivity index (χ3n) is 2.19. The molecule has 2 rings (SSSR count). The Bertz CT molecular complexity index is 541. The molecule has 0 fully saturated rings. The van der Waals surface area contributed by atoms with E-state index in [9.17, 15) is 8.42 Å². The molecule has 0 N–H and O–H groups in total. The number of rotatable bonds is 1. The zero-order chi connectivity index (χ0) is 10.9. The molecule has 0 radical (unpaired) electrons. The van der Waals surface area contributed by atoms with Gasteiger partial charge in [-0.25, -0.2) is 8.42 Å². The van der Waals surface area contributed by atoms with Crippen LogP contribution in [0.5, 0.6) is 0 Å². The van der Waals surface area contributed by atoms with Crippen LogP contribution in [-0.2, 0) is 9.84 Å². The Hall–Kier alpha value is -1.42. The van der Waals surface area contributed by atoms with Gasteiger partial charge < -0.3 is 0 Å². The molecule has 1 aliphatic heterocycles. The highest BCUT2D eigenvalue weighted by Gasteiger charge is 2.21. The summed E-state index contributed by atoms with van der Waals surface area (Å²) in [5.41, 5.74) is 0.929. The lowest BCUT2D eigenvalue weighted by molar-refractivity contribution is 0.607. The van der Waals surface area contributed by atoms with Gasteiger partial charge in [0.05, 0.1) is 11.4 Å². The minimum absolute atomic E-state index is 0.160. The highest BCUT2D eigenvalue weighted by molar-refractivity contribution is 8.06. The van der Waals surface area contributed by atoms with E-state index >= 15 is 0 Å². The molecule has 0 aromatic heterocycles. The number of aliphatic imine (C=N–C) groups is 1. The van der Waals surface area contributed by atoms with Gasteiger partial charge in [-0.2, -0.15) is 0 Å². The molecule has 0 unspecified atom stereocenters. The van der Waals surface area contributed by atoms with Crippen LogP contribution in [0.4, 0.5) is 0 Å². The van der Waals surface area contributed by atoms with Crippen LogP contribution in [0, 0.1) is 6.92 Å². The maximum absolute atomic E-state index is 12.0. The normalized spacial score (nSPS) is 15.4. The summed E-state index contributed by atoms with van der Waals surface area (Å²) in [7, 11) is -3.40. The summed E-state index contributed by atoms with van der Waals surface area (Å²) in [6.07, 6.45) is 3.29. The number of hydrogen-bond acceptors (Lipinski definition) is 3. The first-order chi connectivity index (χ1) is 7.10. The number of hydrogen-bond donors (Lipinski definition) is 0. The van der Waals surface area contributed by atoms with Crippen LogP contribution < -0.4 is 0 Å². The average Bonchev–Trinajstić information content (AvgIpc) is 2.71. The smallest absolute Gasteiger partial charge is 0.223 e. The van der Waals surface area contributed by atoms with Gasteiger partial charge in [-0.1, -0.05) is 18.2 Å². The van der Waals surface area contributed by atoms with Crippen LogP contribution in [0.15, 0.2) is 46.3 Å². The summed E-state index contributed by atoms with van der Waals surface area (Å²) in [5, 5.41) is 0.160. The van der Waals surface area contributed by atoms with Crippen molar-refractivity contribution in [1.29, 1.82) is 0 Å². The van der Waals surface area contributed by atoms with Crippen molar-refractivity contribution in [3.05, 3.63) is 42.0 Å². The second kappa shape index (κ2) is 3.62. The molecule has 1 heterocycles. The van der Waals surface area contributed by atoms with Crippen LogP contribution >= 0.6 is 0 Å². The Morgan fingerprint density at radius 3 is 2.73 bits per heavy atom. The van der Waals surface area contributed by atoms with Crippen molar-refractivity contribution in [2.45, 2.75) is 11.8 Å². The maximum atomic E-state index is 12.0. The van der Waals surface area contributed by atoms with Crippen molar-refractivity contribution in [1.82, 2.24) is 0 Å². The molecule has 0 atom stereocenters. The summed E-state index contributed by atoms with van der Waals surface area (Å²) in [4.78, 5) is 4.24. The van der Waals surface area contributed by atoms with E-state index in [0.717, 1.165) is 5.56 Å². The molecule has 0 saturated heterocycles. The quantitative estimate of drug-likeness (QED) is 0.725. The fraction of sp³-hybridized carbons (Fsp3) is 0.182. The lowest BCUT2D eigenvalue weighted by Crippen LogP contribution is -2.11. The SMILES string of the molecule is Cc1cccc(S(=O)(=O)C2=NCC=C2)c1. The number of sulfone groups is 1. The van der Waals surface area contributed by atoms with E-state index in [-0.39, 0.29) is 5.04 Å². The molecular weight excluding hydrogens is 210 g/mol. The Morgan fingerprint density at radius 2 is 2.13 bits per heavy atom. The molecule has 4 heteroatoms. The lowest BCUT2D eigenvalue weighted by atomic mass is 10.2. The van der Waals surface area contributed by atoms with Gasteiger partial charge in [0.15, 0.2) is 5.04 Å². The molecule has 15 heavy (non-hydrogen) atoms. The van der Waals surface area contributed by atoms with Crippen LogP contribution in [0.3, 0.4) is 0 Å². The number of benzene rings is 1. The van der Waals surface area contributed by atoms with E-state index < -0.39 is 9.84 Å². The fourth-order valence-corrected chi connectivity index (χ4v) is 2.79. The van der Waals surface area contributed by atoms with Crippen molar-refractivity contribution in [3.63, 3.8) is 0 Å². The van der Waals surface area contributed by atoms with E-state index in [1.807, 2.05) is 13.0 Å². The molecule has 1 aromatic carbocycles. The largest absolute Gasteiger partial charge is 0.269 e. The highest BCUT2D eigenvalue weighted by Crippen LogP contribution is 2.16. The first-order valence-electron chi connectivity index (χ1n) is 4.63. The molecule has 0 amide bonds. The second-order valence-electron chi connectivity index (χ2n) is 3.40. The topological polar surface area (TPSA) is 46.5 Å². The highest BCUT2D eigenvalue weighted by atomic mass is 32.2. The van der Waals surface area contributed by atoms with E-state index in [0.29, 0.717) is 11.4 Å². The zero-order valence-electron chi connectivity index (χ0n) is 8.34. The zero-order valence-corrected chi connectivity index (χ0v) is 9.16. The Morgan fingerprint density at radius 1 is 1.33 bits per heavy atom. The van der Waals surface area contributed by atoms with Gasteiger partial charge in [0.25, 0.3) is 0 Å². The molecule has 1 aliphatic rings.